The van der Waals surface area contributed by atoms with Crippen LogP contribution in [0.15, 0.2) is 59.0 Å². The van der Waals surface area contributed by atoms with Gasteiger partial charge in [-0.15, -0.1) is 0 Å². The van der Waals surface area contributed by atoms with Crippen LogP contribution in [0, 0.1) is 18.3 Å². The molecular formula is C18H13NO2. The van der Waals surface area contributed by atoms with E-state index in [1.54, 1.807) is 18.2 Å². The molecule has 1 unspecified atom stereocenters. The Morgan fingerprint density at radius 3 is 2.67 bits per heavy atom. The lowest BCUT2D eigenvalue weighted by atomic mass is 9.93. The van der Waals surface area contributed by atoms with Gasteiger partial charge in [-0.25, -0.2) is 0 Å². The summed E-state index contributed by atoms with van der Waals surface area (Å²) in [7, 11) is 0. The van der Waals surface area contributed by atoms with Crippen LogP contribution < -0.4 is 0 Å². The largest absolute Gasteiger partial charge is 0.453 e. The van der Waals surface area contributed by atoms with Crippen molar-refractivity contribution in [3.8, 4) is 6.07 Å². The van der Waals surface area contributed by atoms with Crippen molar-refractivity contribution in [2.45, 2.75) is 12.8 Å². The molecule has 0 saturated carbocycles. The maximum absolute atomic E-state index is 12.5. The van der Waals surface area contributed by atoms with E-state index in [-0.39, 0.29) is 11.5 Å². The van der Waals surface area contributed by atoms with Crippen molar-refractivity contribution in [3.05, 3.63) is 71.5 Å². The predicted octanol–water partition coefficient (Wildman–Crippen LogP) is 4.23. The molecule has 0 saturated heterocycles. The Kier molecular flexibility index (Phi) is 3.29. The number of para-hydroxylation sites is 1. The van der Waals surface area contributed by atoms with Crippen molar-refractivity contribution in [1.82, 2.24) is 0 Å². The van der Waals surface area contributed by atoms with E-state index in [9.17, 15) is 10.1 Å². The first-order valence-electron chi connectivity index (χ1n) is 6.68. The first-order valence-corrected chi connectivity index (χ1v) is 6.68. The Bertz CT molecular complexity index is 822. The van der Waals surface area contributed by atoms with Crippen LogP contribution in [0.3, 0.4) is 0 Å². The molecule has 0 aliphatic heterocycles. The predicted molar refractivity (Wildman–Crippen MR) is 80.1 cm³/mol. The van der Waals surface area contributed by atoms with Crippen LogP contribution in [0.25, 0.3) is 11.0 Å². The van der Waals surface area contributed by atoms with Gasteiger partial charge in [0, 0.05) is 5.39 Å². The van der Waals surface area contributed by atoms with E-state index >= 15 is 0 Å². The quantitative estimate of drug-likeness (QED) is 0.672. The second kappa shape index (κ2) is 5.26. The van der Waals surface area contributed by atoms with Crippen LogP contribution in [-0.2, 0) is 0 Å². The molecular weight excluding hydrogens is 262 g/mol. The lowest BCUT2D eigenvalue weighted by Gasteiger charge is -2.07. The molecule has 3 nitrogen and oxygen atoms in total. The summed E-state index contributed by atoms with van der Waals surface area (Å²) in [4.78, 5) is 12.5. The number of nitrogens with zero attached hydrogens (tertiary/aromatic N) is 1. The smallest absolute Gasteiger partial charge is 0.219 e. The Morgan fingerprint density at radius 2 is 1.95 bits per heavy atom. The molecule has 3 heteroatoms. The van der Waals surface area contributed by atoms with Crippen LogP contribution in [0.5, 0.6) is 0 Å². The summed E-state index contributed by atoms with van der Waals surface area (Å²) < 4.78 is 5.56. The van der Waals surface area contributed by atoms with Gasteiger partial charge in [-0.2, -0.15) is 5.26 Å². The van der Waals surface area contributed by atoms with Gasteiger partial charge in [0.2, 0.25) is 5.78 Å². The lowest BCUT2D eigenvalue weighted by molar-refractivity contribution is 0.0954. The number of fused-ring (bicyclic) bond motifs is 1. The Morgan fingerprint density at radius 1 is 1.14 bits per heavy atom. The van der Waals surface area contributed by atoms with E-state index < -0.39 is 5.92 Å². The summed E-state index contributed by atoms with van der Waals surface area (Å²) in [5, 5.41) is 10.2. The summed E-state index contributed by atoms with van der Waals surface area (Å²) in [5.41, 5.74) is 2.37. The van der Waals surface area contributed by atoms with Crippen molar-refractivity contribution < 1.29 is 9.21 Å². The van der Waals surface area contributed by atoms with Crippen molar-refractivity contribution in [3.63, 3.8) is 0 Å². The minimum atomic E-state index is -0.842. The highest BCUT2D eigenvalue weighted by Gasteiger charge is 2.24. The number of nitriles is 1. The highest BCUT2D eigenvalue weighted by atomic mass is 16.3. The zero-order chi connectivity index (χ0) is 14.8. The fraction of sp³-hybridized carbons (Fsp3) is 0.111. The number of benzene rings is 2. The normalized spacial score (nSPS) is 12.0. The second-order valence-corrected chi connectivity index (χ2v) is 4.99. The number of hydrogen-bond donors (Lipinski definition) is 0. The van der Waals surface area contributed by atoms with E-state index in [0.29, 0.717) is 11.1 Å². The van der Waals surface area contributed by atoms with Gasteiger partial charge < -0.3 is 4.42 Å². The molecule has 21 heavy (non-hydrogen) atoms. The summed E-state index contributed by atoms with van der Waals surface area (Å²) >= 11 is 0. The molecule has 3 rings (SSSR count). The van der Waals surface area contributed by atoms with Gasteiger partial charge in [0.25, 0.3) is 0 Å². The number of aryl methyl sites for hydroxylation is 1. The Labute approximate surface area is 122 Å². The fourth-order valence-electron chi connectivity index (χ4n) is 2.38. The molecule has 3 aromatic rings. The van der Waals surface area contributed by atoms with E-state index in [2.05, 4.69) is 6.07 Å². The third-order valence-corrected chi connectivity index (χ3v) is 3.44. The monoisotopic (exact) mass is 275 g/mol. The highest BCUT2D eigenvalue weighted by molar-refractivity contribution is 6.03. The average Bonchev–Trinajstić information content (AvgIpc) is 2.92. The minimum Gasteiger partial charge on any atom is -0.453 e. The zero-order valence-electron chi connectivity index (χ0n) is 11.5. The molecule has 1 heterocycles. The molecule has 0 aliphatic carbocycles. The van der Waals surface area contributed by atoms with Crippen molar-refractivity contribution in [2.75, 3.05) is 0 Å². The first kappa shape index (κ1) is 13.1. The van der Waals surface area contributed by atoms with Gasteiger partial charge in [-0.1, -0.05) is 48.0 Å². The van der Waals surface area contributed by atoms with E-state index in [1.807, 2.05) is 43.3 Å². The van der Waals surface area contributed by atoms with Gasteiger partial charge in [0.15, 0.2) is 5.76 Å². The van der Waals surface area contributed by atoms with Crippen molar-refractivity contribution in [2.24, 2.45) is 0 Å². The summed E-state index contributed by atoms with van der Waals surface area (Å²) in [5.74, 6) is -0.922. The van der Waals surface area contributed by atoms with Crippen LogP contribution in [0.4, 0.5) is 0 Å². The van der Waals surface area contributed by atoms with E-state index in [0.717, 1.165) is 10.9 Å². The average molecular weight is 275 g/mol. The molecule has 1 atom stereocenters. The molecule has 0 fully saturated rings. The fourth-order valence-corrected chi connectivity index (χ4v) is 2.38. The molecule has 1 aromatic heterocycles. The molecule has 0 spiro atoms. The molecule has 0 radical (unpaired) electrons. The Hall–Kier alpha value is -2.86. The van der Waals surface area contributed by atoms with Gasteiger partial charge in [-0.3, -0.25) is 4.79 Å². The van der Waals surface area contributed by atoms with Crippen LogP contribution in [0.1, 0.15) is 27.6 Å². The maximum Gasteiger partial charge on any atom is 0.219 e. The molecule has 0 N–H and O–H groups in total. The lowest BCUT2D eigenvalue weighted by Crippen LogP contribution is -2.10. The van der Waals surface area contributed by atoms with Gasteiger partial charge in [0.05, 0.1) is 6.07 Å². The SMILES string of the molecule is Cc1cccc(C(C#N)C(=O)c2cc3ccccc3o2)c1. The van der Waals surface area contributed by atoms with Crippen LogP contribution in [0.2, 0.25) is 0 Å². The number of Topliss-reactive ketones (excluding diaryl/α,β-unsaturated/α-hetero) is 1. The summed E-state index contributed by atoms with van der Waals surface area (Å²) in [6.45, 7) is 1.93. The van der Waals surface area contributed by atoms with E-state index in [1.165, 1.54) is 0 Å². The molecule has 102 valence electrons. The molecule has 0 amide bonds. The summed E-state index contributed by atoms with van der Waals surface area (Å²) in [6, 6.07) is 18.6. The molecule has 2 aromatic carbocycles. The zero-order valence-corrected chi connectivity index (χ0v) is 11.5. The maximum atomic E-state index is 12.5. The van der Waals surface area contributed by atoms with E-state index in [4.69, 9.17) is 4.42 Å². The third kappa shape index (κ3) is 2.44. The first-order chi connectivity index (χ1) is 10.2. The third-order valence-electron chi connectivity index (χ3n) is 3.44. The number of carbonyl (C=O) groups is 1. The van der Waals surface area contributed by atoms with Gasteiger partial charge in [0.1, 0.15) is 11.5 Å². The number of hydrogen-bond acceptors (Lipinski definition) is 3. The van der Waals surface area contributed by atoms with Gasteiger partial charge >= 0.3 is 0 Å². The number of furan rings is 1. The minimum absolute atomic E-state index is 0.226. The molecule has 0 bridgehead atoms. The van der Waals surface area contributed by atoms with Crippen LogP contribution >= 0.6 is 0 Å². The number of carbonyl (C=O) groups excluding carboxylic acids is 1. The highest BCUT2D eigenvalue weighted by Crippen LogP contribution is 2.25. The summed E-state index contributed by atoms with van der Waals surface area (Å²) in [6.07, 6.45) is 0. The number of ketones is 1. The molecule has 0 aliphatic rings. The van der Waals surface area contributed by atoms with Crippen LogP contribution in [-0.4, -0.2) is 5.78 Å². The standard InChI is InChI=1S/C18H13NO2/c1-12-5-4-7-13(9-12)15(11-19)18(20)17-10-14-6-2-3-8-16(14)21-17/h2-10,15H,1H3. The van der Waals surface area contributed by atoms with Crippen molar-refractivity contribution >= 4 is 16.8 Å². The van der Waals surface area contributed by atoms with Gasteiger partial charge in [-0.05, 0) is 24.6 Å². The second-order valence-electron chi connectivity index (χ2n) is 4.99. The topological polar surface area (TPSA) is 54.0 Å². The Balaban J connectivity index is 2.01. The van der Waals surface area contributed by atoms with Crippen molar-refractivity contribution in [1.29, 1.82) is 5.26 Å². The number of rotatable bonds is 3.